The molecule has 1 amide bonds. The normalized spacial score (nSPS) is 16.1. The van der Waals surface area contributed by atoms with E-state index < -0.39 is 0 Å². The van der Waals surface area contributed by atoms with E-state index >= 15 is 0 Å². The molecule has 1 aliphatic heterocycles. The number of hydrogen-bond acceptors (Lipinski definition) is 2. The molecule has 1 atom stereocenters. The molecule has 0 radical (unpaired) electrons. The van der Waals surface area contributed by atoms with Crippen LogP contribution in [0.25, 0.3) is 0 Å². The molecule has 2 N–H and O–H groups in total. The number of nitrogens with two attached hydrogens (primary N) is 1. The second kappa shape index (κ2) is 6.02. The van der Waals surface area contributed by atoms with Crippen LogP contribution in [-0.4, -0.2) is 18.5 Å². The first-order chi connectivity index (χ1) is 9.08. The minimum absolute atomic E-state index is 0.0316. The van der Waals surface area contributed by atoms with Crippen LogP contribution in [0, 0.1) is 5.92 Å². The molecule has 0 bridgehead atoms. The standard InChI is InChI=1S/C16H22N2O/c1-12(2)11-14(17)7-8-16(19)18-10-9-13-5-3-4-6-15(13)18/h3-8,12,14H,9-11,17H2,1-2H3. The van der Waals surface area contributed by atoms with Gasteiger partial charge in [0, 0.05) is 24.4 Å². The fourth-order valence-corrected chi connectivity index (χ4v) is 2.49. The van der Waals surface area contributed by atoms with E-state index in [9.17, 15) is 4.79 Å². The molecule has 0 aliphatic carbocycles. The second-order valence-electron chi connectivity index (χ2n) is 5.52. The number of benzene rings is 1. The van der Waals surface area contributed by atoms with Gasteiger partial charge in [0.2, 0.25) is 0 Å². The first-order valence-electron chi connectivity index (χ1n) is 6.91. The Kier molecular flexibility index (Phi) is 4.38. The number of nitrogens with zero attached hydrogens (tertiary/aromatic N) is 1. The largest absolute Gasteiger partial charge is 0.324 e. The van der Waals surface area contributed by atoms with Crippen LogP contribution in [-0.2, 0) is 11.2 Å². The Morgan fingerprint density at radius 1 is 1.42 bits per heavy atom. The van der Waals surface area contributed by atoms with Gasteiger partial charge in [-0.25, -0.2) is 0 Å². The van der Waals surface area contributed by atoms with Crippen LogP contribution >= 0.6 is 0 Å². The van der Waals surface area contributed by atoms with E-state index in [2.05, 4.69) is 19.9 Å². The molecule has 0 aromatic heterocycles. The minimum atomic E-state index is -0.0400. The third kappa shape index (κ3) is 3.44. The van der Waals surface area contributed by atoms with Gasteiger partial charge in [0.15, 0.2) is 0 Å². The van der Waals surface area contributed by atoms with Crippen molar-refractivity contribution in [1.82, 2.24) is 0 Å². The van der Waals surface area contributed by atoms with Crippen molar-refractivity contribution in [2.75, 3.05) is 11.4 Å². The Hall–Kier alpha value is -1.61. The summed E-state index contributed by atoms with van der Waals surface area (Å²) in [6, 6.07) is 8.03. The van der Waals surface area contributed by atoms with Crippen LogP contribution in [0.4, 0.5) is 5.69 Å². The smallest absolute Gasteiger partial charge is 0.250 e. The summed E-state index contributed by atoms with van der Waals surface area (Å²) in [6.45, 7) is 5.03. The number of carbonyl (C=O) groups excluding carboxylic acids is 1. The van der Waals surface area contributed by atoms with E-state index in [-0.39, 0.29) is 11.9 Å². The Balaban J connectivity index is 2.00. The lowest BCUT2D eigenvalue weighted by molar-refractivity contribution is -0.114. The summed E-state index contributed by atoms with van der Waals surface area (Å²) in [5.41, 5.74) is 8.24. The fraction of sp³-hybridized carbons (Fsp3) is 0.438. The Labute approximate surface area is 115 Å². The number of amides is 1. The highest BCUT2D eigenvalue weighted by Crippen LogP contribution is 2.27. The van der Waals surface area contributed by atoms with Gasteiger partial charge in [-0.05, 0) is 30.4 Å². The van der Waals surface area contributed by atoms with Gasteiger partial charge in [-0.15, -0.1) is 0 Å². The average Bonchev–Trinajstić information content (AvgIpc) is 2.79. The molecular weight excluding hydrogens is 236 g/mol. The highest BCUT2D eigenvalue weighted by Gasteiger charge is 2.22. The number of carbonyl (C=O) groups is 1. The van der Waals surface area contributed by atoms with Crippen molar-refractivity contribution in [3.63, 3.8) is 0 Å². The van der Waals surface area contributed by atoms with E-state index in [1.165, 1.54) is 5.56 Å². The molecule has 1 aliphatic rings. The van der Waals surface area contributed by atoms with Crippen molar-refractivity contribution >= 4 is 11.6 Å². The molecule has 1 unspecified atom stereocenters. The summed E-state index contributed by atoms with van der Waals surface area (Å²) in [5, 5.41) is 0. The van der Waals surface area contributed by atoms with Crippen LogP contribution < -0.4 is 10.6 Å². The number of anilines is 1. The van der Waals surface area contributed by atoms with Gasteiger partial charge in [0.1, 0.15) is 0 Å². The van der Waals surface area contributed by atoms with Crippen LogP contribution in [0.15, 0.2) is 36.4 Å². The first kappa shape index (κ1) is 13.8. The molecule has 0 fully saturated rings. The molecule has 2 rings (SSSR count). The zero-order valence-corrected chi connectivity index (χ0v) is 11.7. The summed E-state index contributed by atoms with van der Waals surface area (Å²) in [7, 11) is 0. The van der Waals surface area contributed by atoms with Gasteiger partial charge in [-0.2, -0.15) is 0 Å². The van der Waals surface area contributed by atoms with E-state index in [4.69, 9.17) is 5.73 Å². The molecule has 1 aromatic carbocycles. The van der Waals surface area contributed by atoms with Gasteiger partial charge in [-0.1, -0.05) is 38.1 Å². The lowest BCUT2D eigenvalue weighted by Gasteiger charge is -2.15. The maximum absolute atomic E-state index is 12.2. The molecule has 0 spiro atoms. The van der Waals surface area contributed by atoms with Gasteiger partial charge in [-0.3, -0.25) is 4.79 Å². The Bertz CT molecular complexity index is 479. The maximum Gasteiger partial charge on any atom is 0.250 e. The molecule has 3 heteroatoms. The van der Waals surface area contributed by atoms with E-state index in [1.807, 2.05) is 29.2 Å². The monoisotopic (exact) mass is 258 g/mol. The maximum atomic E-state index is 12.2. The van der Waals surface area contributed by atoms with Crippen molar-refractivity contribution in [1.29, 1.82) is 0 Å². The number of para-hydroxylation sites is 1. The second-order valence-corrected chi connectivity index (χ2v) is 5.52. The van der Waals surface area contributed by atoms with Crippen molar-refractivity contribution in [2.24, 2.45) is 11.7 Å². The zero-order valence-electron chi connectivity index (χ0n) is 11.7. The Morgan fingerprint density at radius 3 is 2.89 bits per heavy atom. The lowest BCUT2D eigenvalue weighted by Crippen LogP contribution is -2.28. The third-order valence-electron chi connectivity index (χ3n) is 3.38. The molecule has 102 valence electrons. The molecule has 1 heterocycles. The summed E-state index contributed by atoms with van der Waals surface area (Å²) in [4.78, 5) is 14.0. The van der Waals surface area contributed by atoms with Gasteiger partial charge in [0.25, 0.3) is 5.91 Å². The number of hydrogen-bond donors (Lipinski definition) is 1. The SMILES string of the molecule is CC(C)CC(N)C=CC(=O)N1CCc2ccccc21. The third-order valence-corrected chi connectivity index (χ3v) is 3.38. The van der Waals surface area contributed by atoms with Crippen LogP contribution in [0.3, 0.4) is 0 Å². The Morgan fingerprint density at radius 2 is 2.16 bits per heavy atom. The molecule has 3 nitrogen and oxygen atoms in total. The zero-order chi connectivity index (χ0) is 13.8. The van der Waals surface area contributed by atoms with Crippen molar-refractivity contribution < 1.29 is 4.79 Å². The number of rotatable bonds is 4. The molecule has 1 aromatic rings. The molecule has 0 saturated carbocycles. The summed E-state index contributed by atoms with van der Waals surface area (Å²) in [6.07, 6.45) is 5.28. The average molecular weight is 258 g/mol. The summed E-state index contributed by atoms with van der Waals surface area (Å²) < 4.78 is 0. The van der Waals surface area contributed by atoms with Crippen molar-refractivity contribution in [3.05, 3.63) is 42.0 Å². The predicted molar refractivity (Wildman–Crippen MR) is 79.1 cm³/mol. The van der Waals surface area contributed by atoms with Crippen molar-refractivity contribution in [2.45, 2.75) is 32.7 Å². The van der Waals surface area contributed by atoms with Crippen molar-refractivity contribution in [3.8, 4) is 0 Å². The van der Waals surface area contributed by atoms with Crippen LogP contribution in [0.5, 0.6) is 0 Å². The predicted octanol–water partition coefficient (Wildman–Crippen LogP) is 2.51. The van der Waals surface area contributed by atoms with Gasteiger partial charge in [0.05, 0.1) is 0 Å². The topological polar surface area (TPSA) is 46.3 Å². The van der Waals surface area contributed by atoms with E-state index in [1.54, 1.807) is 6.08 Å². The minimum Gasteiger partial charge on any atom is -0.324 e. The lowest BCUT2D eigenvalue weighted by atomic mass is 10.0. The first-order valence-corrected chi connectivity index (χ1v) is 6.91. The number of fused-ring (bicyclic) bond motifs is 1. The quantitative estimate of drug-likeness (QED) is 0.843. The van der Waals surface area contributed by atoms with Gasteiger partial charge < -0.3 is 10.6 Å². The summed E-state index contributed by atoms with van der Waals surface area (Å²) >= 11 is 0. The molecule has 0 saturated heterocycles. The highest BCUT2D eigenvalue weighted by atomic mass is 16.2. The van der Waals surface area contributed by atoms with E-state index in [0.29, 0.717) is 5.92 Å². The molecular formula is C16H22N2O. The van der Waals surface area contributed by atoms with Crippen LogP contribution in [0.2, 0.25) is 0 Å². The fourth-order valence-electron chi connectivity index (χ4n) is 2.49. The van der Waals surface area contributed by atoms with Gasteiger partial charge >= 0.3 is 0 Å². The van der Waals surface area contributed by atoms with Crippen LogP contribution in [0.1, 0.15) is 25.8 Å². The summed E-state index contributed by atoms with van der Waals surface area (Å²) in [5.74, 6) is 0.575. The van der Waals surface area contributed by atoms with E-state index in [0.717, 1.165) is 25.1 Å². The molecule has 19 heavy (non-hydrogen) atoms. The highest BCUT2D eigenvalue weighted by molar-refractivity contribution is 6.02.